The van der Waals surface area contributed by atoms with Crippen LogP contribution < -0.4 is 14.2 Å². The Balaban J connectivity index is 2.42. The quantitative estimate of drug-likeness (QED) is 0.194. The van der Waals surface area contributed by atoms with Crippen LogP contribution in [0.15, 0.2) is 40.1 Å². The lowest BCUT2D eigenvalue weighted by molar-refractivity contribution is -0.151. The van der Waals surface area contributed by atoms with Crippen molar-refractivity contribution in [2.45, 2.75) is 40.3 Å². The van der Waals surface area contributed by atoms with Crippen molar-refractivity contribution in [1.29, 1.82) is 0 Å². The first-order valence-electron chi connectivity index (χ1n) is 8.96. The number of thioether (sulfide) groups is 1. The van der Waals surface area contributed by atoms with E-state index in [0.717, 1.165) is 39.9 Å². The Morgan fingerprint density at radius 1 is 1.03 bits per heavy atom. The molecule has 0 spiro atoms. The second kappa shape index (κ2) is 9.75. The summed E-state index contributed by atoms with van der Waals surface area (Å²) in [7, 11) is -1.62. The largest absolute Gasteiger partial charge is 0.497 e. The van der Waals surface area contributed by atoms with Crippen LogP contribution in [0, 0.1) is 20.8 Å². The van der Waals surface area contributed by atoms with Crippen LogP contribution in [0.4, 0.5) is 13.2 Å². The third kappa shape index (κ3) is 5.99. The van der Waals surface area contributed by atoms with Gasteiger partial charge in [-0.05, 0) is 72.7 Å². The molecule has 0 aromatic heterocycles. The Morgan fingerprint density at radius 2 is 1.61 bits per heavy atom. The molecule has 5 nitrogen and oxygen atoms in total. The topological polar surface area (TPSA) is 64.6 Å². The first-order valence-corrected chi connectivity index (χ1v) is 12.5. The standard InChI is InChI=1S/C20H23F3INO4S2/c1-12-8-13(2)18(14(3)9-12)31(26,27)25-19(24,20(21,22)23)11-30-17-10-15(28-4)6-7-16(17)29-5/h6-10,25H,11H2,1-5H3. The van der Waals surface area contributed by atoms with E-state index < -0.39 is 25.5 Å². The number of methoxy groups -OCH3 is 2. The third-order valence-electron chi connectivity index (χ3n) is 4.42. The molecule has 0 saturated heterocycles. The first kappa shape index (κ1) is 26.1. The Bertz CT molecular complexity index is 1040. The predicted octanol–water partition coefficient (Wildman–Crippen LogP) is 5.39. The molecule has 31 heavy (non-hydrogen) atoms. The summed E-state index contributed by atoms with van der Waals surface area (Å²) in [4.78, 5) is 0.251. The maximum absolute atomic E-state index is 14.0. The molecule has 2 aromatic carbocycles. The summed E-state index contributed by atoms with van der Waals surface area (Å²) < 4.78 is 77.6. The van der Waals surface area contributed by atoms with Gasteiger partial charge in [0.25, 0.3) is 0 Å². The molecule has 1 N–H and O–H groups in total. The van der Waals surface area contributed by atoms with Crippen molar-refractivity contribution in [2.75, 3.05) is 20.0 Å². The monoisotopic (exact) mass is 589 g/mol. The summed E-state index contributed by atoms with van der Waals surface area (Å²) in [5, 5.41) is 0. The lowest BCUT2D eigenvalue weighted by Crippen LogP contribution is -2.55. The summed E-state index contributed by atoms with van der Waals surface area (Å²) >= 11 is 1.95. The zero-order valence-corrected chi connectivity index (χ0v) is 21.3. The van der Waals surface area contributed by atoms with Gasteiger partial charge in [0.1, 0.15) is 11.5 Å². The number of ether oxygens (including phenoxy) is 2. The van der Waals surface area contributed by atoms with Gasteiger partial charge in [-0.3, -0.25) is 0 Å². The fraction of sp³-hybridized carbons (Fsp3) is 0.400. The lowest BCUT2D eigenvalue weighted by Gasteiger charge is -2.31. The van der Waals surface area contributed by atoms with Gasteiger partial charge in [-0.25, -0.2) is 8.42 Å². The number of halogens is 4. The van der Waals surface area contributed by atoms with Crippen molar-refractivity contribution in [3.8, 4) is 11.5 Å². The van der Waals surface area contributed by atoms with Crippen LogP contribution in [0.2, 0.25) is 0 Å². The van der Waals surface area contributed by atoms with Crippen molar-refractivity contribution in [1.82, 2.24) is 4.72 Å². The van der Waals surface area contributed by atoms with Crippen LogP contribution >= 0.6 is 34.4 Å². The van der Waals surface area contributed by atoms with Crippen molar-refractivity contribution in [3.05, 3.63) is 47.0 Å². The van der Waals surface area contributed by atoms with E-state index in [9.17, 15) is 21.6 Å². The van der Waals surface area contributed by atoms with Crippen LogP contribution in [0.25, 0.3) is 0 Å². The molecule has 0 fully saturated rings. The molecule has 2 aromatic rings. The number of hydrogen-bond donors (Lipinski definition) is 1. The van der Waals surface area contributed by atoms with E-state index in [2.05, 4.69) is 0 Å². The zero-order valence-electron chi connectivity index (χ0n) is 17.6. The Kier molecular flexibility index (Phi) is 8.20. The molecule has 1 atom stereocenters. The molecule has 0 aliphatic carbocycles. The molecule has 11 heteroatoms. The highest BCUT2D eigenvalue weighted by Crippen LogP contribution is 2.43. The first-order chi connectivity index (χ1) is 14.2. The second-order valence-corrected chi connectivity index (χ2v) is 11.4. The van der Waals surface area contributed by atoms with Gasteiger partial charge in [-0.2, -0.15) is 17.9 Å². The van der Waals surface area contributed by atoms with E-state index >= 15 is 0 Å². The van der Waals surface area contributed by atoms with Gasteiger partial charge >= 0.3 is 6.18 Å². The van der Waals surface area contributed by atoms with E-state index in [1.165, 1.54) is 14.2 Å². The van der Waals surface area contributed by atoms with Gasteiger partial charge < -0.3 is 9.47 Å². The zero-order chi connectivity index (χ0) is 23.6. The molecule has 2 rings (SSSR count). The van der Waals surface area contributed by atoms with Gasteiger partial charge in [-0.15, -0.1) is 11.8 Å². The highest BCUT2D eigenvalue weighted by Gasteiger charge is 2.55. The second-order valence-electron chi connectivity index (χ2n) is 6.94. The van der Waals surface area contributed by atoms with E-state index in [4.69, 9.17) is 9.47 Å². The Hall–Kier alpha value is -1.18. The van der Waals surface area contributed by atoms with Crippen LogP contribution in [0.5, 0.6) is 11.5 Å². The normalized spacial score (nSPS) is 14.2. The summed E-state index contributed by atoms with van der Waals surface area (Å²) in [5.41, 5.74) is 1.59. The maximum atomic E-state index is 14.0. The van der Waals surface area contributed by atoms with Crippen molar-refractivity contribution >= 4 is 44.4 Å². The molecule has 0 bridgehead atoms. The summed E-state index contributed by atoms with van der Waals surface area (Å²) in [6, 6.07) is 7.99. The van der Waals surface area contributed by atoms with Crippen molar-refractivity contribution in [3.63, 3.8) is 0 Å². The van der Waals surface area contributed by atoms with E-state index in [0.29, 0.717) is 27.5 Å². The van der Waals surface area contributed by atoms with Gasteiger partial charge in [0.15, 0.2) is 3.55 Å². The van der Waals surface area contributed by atoms with Crippen LogP contribution in [-0.2, 0) is 10.0 Å². The highest BCUT2D eigenvalue weighted by molar-refractivity contribution is 14.1. The Labute approximate surface area is 198 Å². The maximum Gasteiger partial charge on any atom is 0.417 e. The van der Waals surface area contributed by atoms with Gasteiger partial charge in [-0.1, -0.05) is 17.7 Å². The number of rotatable bonds is 8. The number of nitrogens with one attached hydrogen (secondary N) is 1. The molecule has 172 valence electrons. The molecule has 0 radical (unpaired) electrons. The minimum Gasteiger partial charge on any atom is -0.497 e. The number of alkyl halides is 4. The molecule has 0 aliphatic rings. The van der Waals surface area contributed by atoms with Crippen LogP contribution in [-0.4, -0.2) is 38.1 Å². The molecule has 1 unspecified atom stereocenters. The van der Waals surface area contributed by atoms with Gasteiger partial charge in [0.2, 0.25) is 10.0 Å². The summed E-state index contributed by atoms with van der Waals surface area (Å²) in [5.74, 6) is 0.185. The molecular formula is C20H23F3INO4S2. The minimum atomic E-state index is -4.85. The van der Waals surface area contributed by atoms with Crippen molar-refractivity contribution < 1.29 is 31.1 Å². The Morgan fingerprint density at radius 3 is 2.10 bits per heavy atom. The summed E-state index contributed by atoms with van der Waals surface area (Å²) in [6.45, 7) is 4.92. The number of aryl methyl sites for hydroxylation is 3. The van der Waals surface area contributed by atoms with Crippen LogP contribution in [0.1, 0.15) is 16.7 Å². The SMILES string of the molecule is COc1ccc(OC)c(SCC(I)(NS(=O)(=O)c2c(C)cc(C)cc2C)C(F)(F)F)c1. The molecule has 0 saturated carbocycles. The fourth-order valence-corrected chi connectivity index (χ4v) is 7.29. The van der Waals surface area contributed by atoms with E-state index in [1.54, 1.807) is 51.1 Å². The average molecular weight is 589 g/mol. The average Bonchev–Trinajstić information content (AvgIpc) is 2.63. The summed E-state index contributed by atoms with van der Waals surface area (Å²) in [6.07, 6.45) is -4.85. The fourth-order valence-electron chi connectivity index (χ4n) is 3.10. The van der Waals surface area contributed by atoms with Crippen LogP contribution in [0.3, 0.4) is 0 Å². The molecule has 0 heterocycles. The third-order valence-corrected chi connectivity index (χ3v) is 9.57. The number of sulfonamides is 1. The van der Waals surface area contributed by atoms with E-state index in [1.807, 2.05) is 4.72 Å². The van der Waals surface area contributed by atoms with E-state index in [-0.39, 0.29) is 4.90 Å². The smallest absolute Gasteiger partial charge is 0.417 e. The van der Waals surface area contributed by atoms with Crippen molar-refractivity contribution in [2.24, 2.45) is 0 Å². The number of benzene rings is 2. The lowest BCUT2D eigenvalue weighted by atomic mass is 10.1. The molecule has 0 amide bonds. The molecule has 0 aliphatic heterocycles. The highest BCUT2D eigenvalue weighted by atomic mass is 127. The molecular weight excluding hydrogens is 566 g/mol. The van der Waals surface area contributed by atoms with Gasteiger partial charge in [0, 0.05) is 5.75 Å². The predicted molar refractivity (Wildman–Crippen MR) is 124 cm³/mol. The minimum absolute atomic E-state index is 0.146. The van der Waals surface area contributed by atoms with Gasteiger partial charge in [0.05, 0.1) is 24.0 Å². The number of hydrogen-bond acceptors (Lipinski definition) is 5.